The third-order valence-corrected chi connectivity index (χ3v) is 5.09. The molecule has 0 radical (unpaired) electrons. The molecule has 0 fully saturated rings. The quantitative estimate of drug-likeness (QED) is 0.411. The summed E-state index contributed by atoms with van der Waals surface area (Å²) in [4.78, 5) is 12.2. The first-order valence-corrected chi connectivity index (χ1v) is 10.1. The third kappa shape index (κ3) is 6.20. The van der Waals surface area contributed by atoms with E-state index in [0.29, 0.717) is 38.8 Å². The molecule has 5 nitrogen and oxygen atoms in total. The Morgan fingerprint density at radius 3 is 2.47 bits per heavy atom. The summed E-state index contributed by atoms with van der Waals surface area (Å²) in [5.74, 6) is 0.665. The number of carbonyl (C=O) groups excluding carboxylic acids is 1. The fourth-order valence-electron chi connectivity index (χ4n) is 2.66. The maximum absolute atomic E-state index is 12.2. The van der Waals surface area contributed by atoms with Gasteiger partial charge >= 0.3 is 0 Å². The van der Waals surface area contributed by atoms with Crippen molar-refractivity contribution < 1.29 is 14.3 Å². The molecule has 0 saturated carbocycles. The van der Waals surface area contributed by atoms with Crippen LogP contribution in [0.25, 0.3) is 0 Å². The lowest BCUT2D eigenvalue weighted by atomic mass is 10.2. The van der Waals surface area contributed by atoms with Crippen LogP contribution in [0.1, 0.15) is 5.56 Å². The lowest BCUT2D eigenvalue weighted by Gasteiger charge is -2.13. The predicted molar refractivity (Wildman–Crippen MR) is 122 cm³/mol. The van der Waals surface area contributed by atoms with Crippen molar-refractivity contribution in [3.63, 3.8) is 0 Å². The normalized spacial score (nSPS) is 10.4. The highest BCUT2D eigenvalue weighted by Gasteiger charge is 2.10. The summed E-state index contributed by atoms with van der Waals surface area (Å²) in [7, 11) is 1.55. The zero-order chi connectivity index (χ0) is 21.5. The van der Waals surface area contributed by atoms with Gasteiger partial charge in [-0.05, 0) is 54.1 Å². The zero-order valence-corrected chi connectivity index (χ0v) is 18.3. The van der Waals surface area contributed by atoms with Gasteiger partial charge in [-0.3, -0.25) is 4.79 Å². The standard InChI is InChI=1S/C22H19Cl3N2O3/c1-29-21-9-14(12-26-16-4-2-3-15(23)10-16)5-8-20(21)30-13-22(28)27-17-6-7-18(24)19(25)11-17/h2-11,26H,12-13H2,1H3,(H,27,28). The van der Waals surface area contributed by atoms with Gasteiger partial charge in [0.25, 0.3) is 5.91 Å². The maximum atomic E-state index is 12.2. The van der Waals surface area contributed by atoms with Crippen LogP contribution in [0.5, 0.6) is 11.5 Å². The molecule has 0 aliphatic carbocycles. The smallest absolute Gasteiger partial charge is 0.262 e. The Hall–Kier alpha value is -2.60. The number of hydrogen-bond donors (Lipinski definition) is 2. The number of benzene rings is 3. The Labute approximate surface area is 189 Å². The van der Waals surface area contributed by atoms with Crippen molar-refractivity contribution in [2.45, 2.75) is 6.54 Å². The number of nitrogens with one attached hydrogen (secondary N) is 2. The van der Waals surface area contributed by atoms with Crippen molar-refractivity contribution in [3.05, 3.63) is 81.3 Å². The maximum Gasteiger partial charge on any atom is 0.262 e. The molecule has 8 heteroatoms. The van der Waals surface area contributed by atoms with E-state index in [1.807, 2.05) is 36.4 Å². The van der Waals surface area contributed by atoms with Crippen LogP contribution in [0.2, 0.25) is 15.1 Å². The van der Waals surface area contributed by atoms with Crippen LogP contribution in [0.4, 0.5) is 11.4 Å². The second-order valence-electron chi connectivity index (χ2n) is 6.31. The molecule has 0 spiro atoms. The number of anilines is 2. The SMILES string of the molecule is COc1cc(CNc2cccc(Cl)c2)ccc1OCC(=O)Nc1ccc(Cl)c(Cl)c1. The third-order valence-electron chi connectivity index (χ3n) is 4.11. The number of carbonyl (C=O) groups is 1. The number of ether oxygens (including phenoxy) is 2. The average Bonchev–Trinajstić information content (AvgIpc) is 2.73. The largest absolute Gasteiger partial charge is 0.493 e. The Morgan fingerprint density at radius 2 is 1.73 bits per heavy atom. The molecule has 3 aromatic carbocycles. The molecule has 0 saturated heterocycles. The molecule has 0 aliphatic rings. The predicted octanol–water partition coefficient (Wildman–Crippen LogP) is 6.29. The fourth-order valence-corrected chi connectivity index (χ4v) is 3.15. The molecular weight excluding hydrogens is 447 g/mol. The van der Waals surface area contributed by atoms with Crippen molar-refractivity contribution >= 4 is 52.1 Å². The second-order valence-corrected chi connectivity index (χ2v) is 7.57. The highest BCUT2D eigenvalue weighted by molar-refractivity contribution is 6.42. The molecule has 3 rings (SSSR count). The van der Waals surface area contributed by atoms with Crippen LogP contribution >= 0.6 is 34.8 Å². The molecule has 156 valence electrons. The van der Waals surface area contributed by atoms with E-state index in [-0.39, 0.29) is 12.5 Å². The molecule has 0 bridgehead atoms. The van der Waals surface area contributed by atoms with E-state index in [0.717, 1.165) is 11.3 Å². The Kier molecular flexibility index (Phi) is 7.69. The number of methoxy groups -OCH3 is 1. The molecule has 0 unspecified atom stereocenters. The molecular formula is C22H19Cl3N2O3. The summed E-state index contributed by atoms with van der Waals surface area (Å²) in [5, 5.41) is 7.44. The van der Waals surface area contributed by atoms with Gasteiger partial charge in [0.1, 0.15) is 0 Å². The zero-order valence-electron chi connectivity index (χ0n) is 16.0. The van der Waals surface area contributed by atoms with E-state index in [1.54, 1.807) is 31.4 Å². The monoisotopic (exact) mass is 464 g/mol. The average molecular weight is 466 g/mol. The highest BCUT2D eigenvalue weighted by atomic mass is 35.5. The first-order valence-electron chi connectivity index (χ1n) is 8.98. The summed E-state index contributed by atoms with van der Waals surface area (Å²) in [6.45, 7) is 0.394. The molecule has 3 aromatic rings. The molecule has 0 aromatic heterocycles. The lowest BCUT2D eigenvalue weighted by molar-refractivity contribution is -0.118. The molecule has 0 aliphatic heterocycles. The van der Waals surface area contributed by atoms with Gasteiger partial charge in [0.15, 0.2) is 18.1 Å². The minimum absolute atomic E-state index is 0.184. The van der Waals surface area contributed by atoms with Gasteiger partial charge in [-0.15, -0.1) is 0 Å². The summed E-state index contributed by atoms with van der Waals surface area (Å²) < 4.78 is 11.0. The van der Waals surface area contributed by atoms with E-state index in [4.69, 9.17) is 44.3 Å². The molecule has 30 heavy (non-hydrogen) atoms. The molecule has 0 atom stereocenters. The number of hydrogen-bond acceptors (Lipinski definition) is 4. The number of rotatable bonds is 8. The highest BCUT2D eigenvalue weighted by Crippen LogP contribution is 2.29. The van der Waals surface area contributed by atoms with Gasteiger partial charge in [0.05, 0.1) is 17.2 Å². The van der Waals surface area contributed by atoms with E-state index in [9.17, 15) is 4.79 Å². The Balaban J connectivity index is 1.57. The van der Waals surface area contributed by atoms with Crippen molar-refractivity contribution in [2.75, 3.05) is 24.4 Å². The number of halogens is 3. The van der Waals surface area contributed by atoms with Crippen LogP contribution < -0.4 is 20.1 Å². The first-order chi connectivity index (χ1) is 14.4. The molecule has 2 N–H and O–H groups in total. The summed E-state index contributed by atoms with van der Waals surface area (Å²) in [6.07, 6.45) is 0. The van der Waals surface area contributed by atoms with E-state index >= 15 is 0 Å². The van der Waals surface area contributed by atoms with Crippen molar-refractivity contribution in [2.24, 2.45) is 0 Å². The van der Waals surface area contributed by atoms with Crippen LogP contribution in [-0.2, 0) is 11.3 Å². The van der Waals surface area contributed by atoms with Crippen LogP contribution in [0.15, 0.2) is 60.7 Å². The minimum atomic E-state index is -0.331. The van der Waals surface area contributed by atoms with Crippen molar-refractivity contribution in [3.8, 4) is 11.5 Å². The summed E-state index contributed by atoms with van der Waals surface area (Å²) >= 11 is 17.8. The van der Waals surface area contributed by atoms with Gasteiger partial charge < -0.3 is 20.1 Å². The van der Waals surface area contributed by atoms with Crippen LogP contribution in [0.3, 0.4) is 0 Å². The Bertz CT molecular complexity index is 1040. The van der Waals surface area contributed by atoms with E-state index in [2.05, 4.69) is 10.6 Å². The molecule has 1 amide bonds. The van der Waals surface area contributed by atoms with Crippen molar-refractivity contribution in [1.82, 2.24) is 0 Å². The topological polar surface area (TPSA) is 59.6 Å². The minimum Gasteiger partial charge on any atom is -0.493 e. The van der Waals surface area contributed by atoms with E-state index < -0.39 is 0 Å². The summed E-state index contributed by atoms with van der Waals surface area (Å²) in [5.41, 5.74) is 2.44. The Morgan fingerprint density at radius 1 is 0.900 bits per heavy atom. The van der Waals surface area contributed by atoms with Gasteiger partial charge in [-0.2, -0.15) is 0 Å². The van der Waals surface area contributed by atoms with Gasteiger partial charge in [-0.1, -0.05) is 46.9 Å². The molecule has 0 heterocycles. The van der Waals surface area contributed by atoms with Gasteiger partial charge in [0.2, 0.25) is 0 Å². The van der Waals surface area contributed by atoms with Crippen LogP contribution in [0, 0.1) is 0 Å². The van der Waals surface area contributed by atoms with Gasteiger partial charge in [-0.25, -0.2) is 0 Å². The number of amides is 1. The van der Waals surface area contributed by atoms with E-state index in [1.165, 1.54) is 0 Å². The first kappa shape index (κ1) is 22.1. The lowest BCUT2D eigenvalue weighted by Crippen LogP contribution is -2.20. The van der Waals surface area contributed by atoms with Crippen LogP contribution in [-0.4, -0.2) is 19.6 Å². The second kappa shape index (κ2) is 10.4. The fraction of sp³-hybridized carbons (Fsp3) is 0.136. The van der Waals surface area contributed by atoms with Gasteiger partial charge in [0, 0.05) is 22.9 Å². The van der Waals surface area contributed by atoms with Crippen molar-refractivity contribution in [1.29, 1.82) is 0 Å². The summed E-state index contributed by atoms with van der Waals surface area (Å²) in [6, 6.07) is 17.8.